The van der Waals surface area contributed by atoms with Crippen LogP contribution in [-0.2, 0) is 17.9 Å². The first-order valence-electron chi connectivity index (χ1n) is 8.35. The summed E-state index contributed by atoms with van der Waals surface area (Å²) in [6.07, 6.45) is 7.30. The molecule has 0 fully saturated rings. The Hall–Kier alpha value is -3.50. The van der Waals surface area contributed by atoms with Gasteiger partial charge in [-0.2, -0.15) is 10.2 Å². The van der Waals surface area contributed by atoms with Gasteiger partial charge in [0.25, 0.3) is 0 Å². The van der Waals surface area contributed by atoms with E-state index in [4.69, 9.17) is 0 Å². The summed E-state index contributed by atoms with van der Waals surface area (Å²) in [5, 5.41) is 10.3. The molecule has 0 aliphatic carbocycles. The molecule has 0 saturated carbocycles. The van der Waals surface area contributed by atoms with Crippen molar-refractivity contribution in [3.63, 3.8) is 0 Å². The zero-order valence-electron chi connectivity index (χ0n) is 15.0. The molecule has 29 heavy (non-hydrogen) atoms. The number of nitrogens with one attached hydrogen (secondary N) is 1. The van der Waals surface area contributed by atoms with Crippen molar-refractivity contribution in [2.24, 2.45) is 0 Å². The molecule has 0 radical (unpaired) electrons. The van der Waals surface area contributed by atoms with E-state index in [9.17, 15) is 26.7 Å². The number of nitrogens with zero attached hydrogens (tertiary/aromatic N) is 4. The maximum Gasteiger partial charge on any atom is 0.249 e. The van der Waals surface area contributed by atoms with Crippen LogP contribution in [0.25, 0.3) is 6.08 Å². The minimum atomic E-state index is -2.23. The molecule has 152 valence electrons. The van der Waals surface area contributed by atoms with Crippen LogP contribution < -0.4 is 5.32 Å². The van der Waals surface area contributed by atoms with Gasteiger partial charge in [-0.3, -0.25) is 14.2 Å². The van der Waals surface area contributed by atoms with Gasteiger partial charge in [0.05, 0.1) is 18.3 Å². The molecule has 3 rings (SSSR count). The minimum absolute atomic E-state index is 0.0350. The number of aromatic nitrogens is 4. The second-order valence-electron chi connectivity index (χ2n) is 5.90. The molecular formula is C18H14F5N5O. The van der Waals surface area contributed by atoms with Crippen LogP contribution in [-0.4, -0.2) is 25.5 Å². The predicted octanol–water partition coefficient (Wildman–Crippen LogP) is 3.50. The molecule has 0 atom stereocenters. The third-order valence-electron chi connectivity index (χ3n) is 3.92. The molecule has 2 aromatic heterocycles. The zero-order chi connectivity index (χ0) is 21.1. The summed E-state index contributed by atoms with van der Waals surface area (Å²) in [4.78, 5) is 11.9. The standard InChI is InChI=1S/C18H14F5N5O/c1-2-27-8-10(7-24-27)3-4-13(29)25-12-5-6-28(26-12)9-11-14(19)16(21)18(23)17(22)15(11)20/h3-8H,2,9H2,1H3,(H,25,26,29)/b4-3-. The fraction of sp³-hybridized carbons (Fsp3) is 0.167. The van der Waals surface area contributed by atoms with Gasteiger partial charge in [-0.15, -0.1) is 0 Å². The van der Waals surface area contributed by atoms with Gasteiger partial charge in [-0.05, 0) is 13.0 Å². The van der Waals surface area contributed by atoms with Crippen molar-refractivity contribution in [1.29, 1.82) is 0 Å². The van der Waals surface area contributed by atoms with Crippen LogP contribution in [0.4, 0.5) is 27.8 Å². The molecule has 0 aliphatic rings. The summed E-state index contributed by atoms with van der Waals surface area (Å²) in [7, 11) is 0. The van der Waals surface area contributed by atoms with Crippen molar-refractivity contribution < 1.29 is 26.7 Å². The smallest absolute Gasteiger partial charge is 0.249 e. The average Bonchev–Trinajstić information content (AvgIpc) is 3.35. The topological polar surface area (TPSA) is 64.7 Å². The lowest BCUT2D eigenvalue weighted by Gasteiger charge is -2.08. The van der Waals surface area contributed by atoms with Crippen molar-refractivity contribution in [3.05, 3.63) is 70.9 Å². The van der Waals surface area contributed by atoms with Crippen molar-refractivity contribution in [3.8, 4) is 0 Å². The summed E-state index contributed by atoms with van der Waals surface area (Å²) in [6, 6.07) is 1.31. The summed E-state index contributed by atoms with van der Waals surface area (Å²) < 4.78 is 69.7. The molecule has 0 spiro atoms. The Morgan fingerprint density at radius 1 is 1.07 bits per heavy atom. The lowest BCUT2D eigenvalue weighted by molar-refractivity contribution is -0.111. The van der Waals surface area contributed by atoms with Crippen LogP contribution >= 0.6 is 0 Å². The van der Waals surface area contributed by atoms with Gasteiger partial charge >= 0.3 is 0 Å². The van der Waals surface area contributed by atoms with Crippen molar-refractivity contribution in [1.82, 2.24) is 19.6 Å². The Bertz CT molecular complexity index is 1060. The van der Waals surface area contributed by atoms with Gasteiger partial charge in [0.15, 0.2) is 29.1 Å². The summed E-state index contributed by atoms with van der Waals surface area (Å²) in [5.41, 5.74) is -0.325. The molecule has 6 nitrogen and oxygen atoms in total. The normalized spacial score (nSPS) is 11.4. The van der Waals surface area contributed by atoms with Crippen LogP contribution in [0, 0.1) is 29.1 Å². The molecule has 0 aliphatic heterocycles. The van der Waals surface area contributed by atoms with Gasteiger partial charge in [-0.1, -0.05) is 0 Å². The van der Waals surface area contributed by atoms with E-state index in [-0.39, 0.29) is 5.82 Å². The number of benzene rings is 1. The molecule has 1 aromatic carbocycles. The second kappa shape index (κ2) is 8.25. The Morgan fingerprint density at radius 3 is 2.34 bits per heavy atom. The Labute approximate surface area is 161 Å². The van der Waals surface area contributed by atoms with E-state index in [1.165, 1.54) is 24.4 Å². The van der Waals surface area contributed by atoms with E-state index in [0.29, 0.717) is 12.1 Å². The first-order valence-corrected chi connectivity index (χ1v) is 8.35. The second-order valence-corrected chi connectivity index (χ2v) is 5.90. The monoisotopic (exact) mass is 411 g/mol. The van der Waals surface area contributed by atoms with Gasteiger partial charge in [0, 0.05) is 36.6 Å². The van der Waals surface area contributed by atoms with Crippen LogP contribution in [0.3, 0.4) is 0 Å². The molecule has 3 aromatic rings. The highest BCUT2D eigenvalue weighted by atomic mass is 19.2. The lowest BCUT2D eigenvalue weighted by atomic mass is 10.1. The highest BCUT2D eigenvalue weighted by Crippen LogP contribution is 2.23. The summed E-state index contributed by atoms with van der Waals surface area (Å²) in [6.45, 7) is 1.88. The van der Waals surface area contributed by atoms with Gasteiger partial charge < -0.3 is 5.32 Å². The maximum absolute atomic E-state index is 13.7. The van der Waals surface area contributed by atoms with Crippen molar-refractivity contribution >= 4 is 17.8 Å². The third-order valence-corrected chi connectivity index (χ3v) is 3.92. The molecule has 0 unspecified atom stereocenters. The van der Waals surface area contributed by atoms with Crippen LogP contribution in [0.15, 0.2) is 30.7 Å². The van der Waals surface area contributed by atoms with Gasteiger partial charge in [-0.25, -0.2) is 22.0 Å². The molecule has 0 saturated heterocycles. The quantitative estimate of drug-likeness (QED) is 0.292. The largest absolute Gasteiger partial charge is 0.306 e. The Morgan fingerprint density at radius 2 is 1.72 bits per heavy atom. The molecule has 11 heteroatoms. The van der Waals surface area contributed by atoms with Crippen LogP contribution in [0.1, 0.15) is 18.1 Å². The lowest BCUT2D eigenvalue weighted by Crippen LogP contribution is -2.12. The number of hydrogen-bond acceptors (Lipinski definition) is 3. The van der Waals surface area contributed by atoms with Crippen molar-refractivity contribution in [2.75, 3.05) is 5.32 Å². The molecule has 2 heterocycles. The molecule has 1 amide bonds. The molecule has 0 bridgehead atoms. The SMILES string of the molecule is CCn1cc(/C=C\C(=O)Nc2ccn(Cc3c(F)c(F)c(F)c(F)c3F)n2)cn1. The van der Waals surface area contributed by atoms with E-state index in [0.717, 1.165) is 4.68 Å². The van der Waals surface area contributed by atoms with E-state index in [1.807, 2.05) is 6.92 Å². The Balaban J connectivity index is 1.69. The van der Waals surface area contributed by atoms with E-state index >= 15 is 0 Å². The van der Waals surface area contributed by atoms with Crippen LogP contribution in [0.2, 0.25) is 0 Å². The number of rotatable bonds is 6. The van der Waals surface area contributed by atoms with E-state index < -0.39 is 47.1 Å². The van der Waals surface area contributed by atoms with Gasteiger partial charge in [0.2, 0.25) is 11.7 Å². The summed E-state index contributed by atoms with van der Waals surface area (Å²) in [5.74, 6) is -10.7. The van der Waals surface area contributed by atoms with E-state index in [2.05, 4.69) is 15.5 Å². The molecule has 1 N–H and O–H groups in total. The number of amides is 1. The maximum atomic E-state index is 13.7. The molecular weight excluding hydrogens is 397 g/mol. The zero-order valence-corrected chi connectivity index (χ0v) is 15.0. The number of carbonyl (C=O) groups excluding carboxylic acids is 1. The van der Waals surface area contributed by atoms with Crippen LogP contribution in [0.5, 0.6) is 0 Å². The van der Waals surface area contributed by atoms with Crippen molar-refractivity contribution in [2.45, 2.75) is 20.0 Å². The highest BCUT2D eigenvalue weighted by Gasteiger charge is 2.25. The first kappa shape index (κ1) is 20.2. The highest BCUT2D eigenvalue weighted by molar-refractivity contribution is 6.01. The Kier molecular flexibility index (Phi) is 5.76. The first-order chi connectivity index (χ1) is 13.8. The minimum Gasteiger partial charge on any atom is -0.306 e. The number of hydrogen-bond donors (Lipinski definition) is 1. The number of halogens is 5. The number of carbonyl (C=O) groups is 1. The van der Waals surface area contributed by atoms with Gasteiger partial charge in [0.1, 0.15) is 0 Å². The van der Waals surface area contributed by atoms with E-state index in [1.54, 1.807) is 17.1 Å². The number of aryl methyl sites for hydroxylation is 1. The third kappa shape index (κ3) is 4.33. The number of anilines is 1. The predicted molar refractivity (Wildman–Crippen MR) is 93.1 cm³/mol. The fourth-order valence-corrected chi connectivity index (χ4v) is 2.45. The average molecular weight is 411 g/mol. The summed E-state index contributed by atoms with van der Waals surface area (Å²) >= 11 is 0. The fourth-order valence-electron chi connectivity index (χ4n) is 2.45.